The normalized spacial score (nSPS) is 10.8. The van der Waals surface area contributed by atoms with Gasteiger partial charge in [-0.1, -0.05) is 0 Å². The van der Waals surface area contributed by atoms with Crippen LogP contribution in [0.15, 0.2) is 23.4 Å². The van der Waals surface area contributed by atoms with Crippen LogP contribution in [-0.4, -0.2) is 15.1 Å². The number of nitrogens with one attached hydrogen (secondary N) is 1. The fraction of sp³-hybridized carbons (Fsp3) is 0.125. The van der Waals surface area contributed by atoms with Crippen LogP contribution in [0.25, 0.3) is 11.0 Å². The molecule has 0 amide bonds. The third-order valence-corrected chi connectivity index (χ3v) is 2.02. The molecule has 0 fully saturated rings. The number of imidazole rings is 1. The fourth-order valence-corrected chi connectivity index (χ4v) is 1.51. The van der Waals surface area contributed by atoms with E-state index in [0.717, 1.165) is 21.5 Å². The van der Waals surface area contributed by atoms with Gasteiger partial charge in [0.15, 0.2) is 0 Å². The highest BCUT2D eigenvalue weighted by Gasteiger charge is 2.03. The van der Waals surface area contributed by atoms with Gasteiger partial charge in [0.1, 0.15) is 0 Å². The summed E-state index contributed by atoms with van der Waals surface area (Å²) in [6.07, 6.45) is 1.61. The van der Waals surface area contributed by atoms with Crippen LogP contribution in [-0.2, 0) is 6.61 Å². The number of hydrogen-bond acceptors (Lipinski definition) is 3. The molecule has 0 aliphatic rings. The summed E-state index contributed by atoms with van der Waals surface area (Å²) in [6, 6.07) is 3.69. The maximum absolute atomic E-state index is 8.99. The second-order valence-corrected chi connectivity index (χ2v) is 3.08. The maximum atomic E-state index is 8.99. The minimum absolute atomic E-state index is 0.00421. The van der Waals surface area contributed by atoms with E-state index in [-0.39, 0.29) is 6.61 Å². The lowest BCUT2D eigenvalue weighted by molar-refractivity contribution is 0.283. The molecular weight excluding hydrogens is 172 g/mol. The Morgan fingerprint density at radius 2 is 2.33 bits per heavy atom. The Morgan fingerprint density at radius 3 is 3.08 bits per heavy atom. The minimum Gasteiger partial charge on any atom is -0.392 e. The summed E-state index contributed by atoms with van der Waals surface area (Å²) in [7, 11) is 0. The molecule has 12 heavy (non-hydrogen) atoms. The van der Waals surface area contributed by atoms with Crippen molar-refractivity contribution in [1.29, 1.82) is 0 Å². The van der Waals surface area contributed by atoms with E-state index in [2.05, 4.69) is 22.6 Å². The van der Waals surface area contributed by atoms with Crippen LogP contribution >= 0.6 is 12.6 Å². The number of aromatic nitrogens is 2. The highest BCUT2D eigenvalue weighted by atomic mass is 32.1. The Hall–Kier alpha value is -1.00. The lowest BCUT2D eigenvalue weighted by atomic mass is 10.2. The number of nitrogens with zero attached hydrogens (tertiary/aromatic N) is 1. The van der Waals surface area contributed by atoms with Crippen molar-refractivity contribution < 1.29 is 5.11 Å². The maximum Gasteiger partial charge on any atom is 0.0938 e. The van der Waals surface area contributed by atoms with Gasteiger partial charge in [-0.15, -0.1) is 12.6 Å². The number of aliphatic hydroxyl groups excluding tert-OH is 1. The lowest BCUT2D eigenvalue weighted by Gasteiger charge is -1.98. The average Bonchev–Trinajstić information content (AvgIpc) is 2.50. The fourth-order valence-electron chi connectivity index (χ4n) is 1.23. The first-order valence-electron chi connectivity index (χ1n) is 3.57. The first-order valence-corrected chi connectivity index (χ1v) is 4.02. The number of thiol groups is 1. The molecular formula is C8H8N2OS. The van der Waals surface area contributed by atoms with Gasteiger partial charge in [0.25, 0.3) is 0 Å². The van der Waals surface area contributed by atoms with Crippen molar-refractivity contribution in [2.75, 3.05) is 0 Å². The highest BCUT2D eigenvalue weighted by molar-refractivity contribution is 7.80. The molecule has 2 N–H and O–H groups in total. The van der Waals surface area contributed by atoms with Crippen molar-refractivity contribution in [2.45, 2.75) is 11.5 Å². The highest BCUT2D eigenvalue weighted by Crippen LogP contribution is 2.19. The molecule has 62 valence electrons. The molecule has 1 aromatic heterocycles. The summed E-state index contributed by atoms with van der Waals surface area (Å²) in [5.74, 6) is 0. The van der Waals surface area contributed by atoms with E-state index in [0.29, 0.717) is 0 Å². The van der Waals surface area contributed by atoms with Crippen molar-refractivity contribution in [1.82, 2.24) is 9.97 Å². The van der Waals surface area contributed by atoms with Gasteiger partial charge in [-0.05, 0) is 12.1 Å². The largest absolute Gasteiger partial charge is 0.392 e. The van der Waals surface area contributed by atoms with Crippen LogP contribution in [0.2, 0.25) is 0 Å². The van der Waals surface area contributed by atoms with Crippen molar-refractivity contribution >= 4 is 23.7 Å². The van der Waals surface area contributed by atoms with Gasteiger partial charge in [-0.2, -0.15) is 0 Å². The third kappa shape index (κ3) is 1.09. The van der Waals surface area contributed by atoms with E-state index in [1.54, 1.807) is 6.33 Å². The average molecular weight is 180 g/mol. The van der Waals surface area contributed by atoms with Gasteiger partial charge in [-0.3, -0.25) is 0 Å². The van der Waals surface area contributed by atoms with Gasteiger partial charge in [0.2, 0.25) is 0 Å². The van der Waals surface area contributed by atoms with E-state index < -0.39 is 0 Å². The Labute approximate surface area is 74.9 Å². The first-order chi connectivity index (χ1) is 5.81. The molecule has 2 rings (SSSR count). The number of aromatic amines is 1. The molecule has 4 heteroatoms. The molecule has 0 aliphatic heterocycles. The molecule has 0 spiro atoms. The topological polar surface area (TPSA) is 48.9 Å². The van der Waals surface area contributed by atoms with E-state index in [9.17, 15) is 0 Å². The summed E-state index contributed by atoms with van der Waals surface area (Å²) in [6.45, 7) is -0.00421. The SMILES string of the molecule is OCc1cc(S)cc2[nH]cnc12. The zero-order valence-electron chi connectivity index (χ0n) is 6.28. The number of fused-ring (bicyclic) bond motifs is 1. The van der Waals surface area contributed by atoms with E-state index >= 15 is 0 Å². The molecule has 0 saturated carbocycles. The van der Waals surface area contributed by atoms with Crippen LogP contribution in [0.4, 0.5) is 0 Å². The van der Waals surface area contributed by atoms with Gasteiger partial charge in [-0.25, -0.2) is 4.98 Å². The van der Waals surface area contributed by atoms with Crippen LogP contribution < -0.4 is 0 Å². The van der Waals surface area contributed by atoms with Crippen molar-refractivity contribution in [3.63, 3.8) is 0 Å². The summed E-state index contributed by atoms with van der Waals surface area (Å²) in [5, 5.41) is 8.99. The molecule has 3 nitrogen and oxygen atoms in total. The molecule has 1 heterocycles. The Bertz CT molecular complexity index is 410. The van der Waals surface area contributed by atoms with Gasteiger partial charge in [0, 0.05) is 10.5 Å². The zero-order valence-corrected chi connectivity index (χ0v) is 7.18. The smallest absolute Gasteiger partial charge is 0.0938 e. The number of hydrogen-bond donors (Lipinski definition) is 3. The summed E-state index contributed by atoms with van der Waals surface area (Å²) < 4.78 is 0. The van der Waals surface area contributed by atoms with Crippen molar-refractivity contribution in [2.24, 2.45) is 0 Å². The Morgan fingerprint density at radius 1 is 1.50 bits per heavy atom. The van der Waals surface area contributed by atoms with Gasteiger partial charge >= 0.3 is 0 Å². The van der Waals surface area contributed by atoms with E-state index in [4.69, 9.17) is 5.11 Å². The van der Waals surface area contributed by atoms with E-state index in [1.165, 1.54) is 0 Å². The van der Waals surface area contributed by atoms with Gasteiger partial charge in [0.05, 0.1) is 24.0 Å². The van der Waals surface area contributed by atoms with Gasteiger partial charge < -0.3 is 10.1 Å². The molecule has 0 atom stereocenters. The molecule has 0 bridgehead atoms. The predicted octanol–water partition coefficient (Wildman–Crippen LogP) is 1.34. The number of rotatable bonds is 1. The van der Waals surface area contributed by atoms with E-state index in [1.807, 2.05) is 12.1 Å². The lowest BCUT2D eigenvalue weighted by Crippen LogP contribution is -1.85. The quantitative estimate of drug-likeness (QED) is 0.580. The first kappa shape index (κ1) is 7.64. The van der Waals surface area contributed by atoms with Crippen molar-refractivity contribution in [3.8, 4) is 0 Å². The second-order valence-electron chi connectivity index (χ2n) is 2.56. The minimum atomic E-state index is -0.00421. The molecule has 0 radical (unpaired) electrons. The van der Waals surface area contributed by atoms with Crippen molar-refractivity contribution in [3.05, 3.63) is 24.0 Å². The Kier molecular flexibility index (Phi) is 1.78. The predicted molar refractivity (Wildman–Crippen MR) is 49.3 cm³/mol. The number of aliphatic hydroxyl groups is 1. The summed E-state index contributed by atoms with van der Waals surface area (Å²) in [4.78, 5) is 7.87. The third-order valence-electron chi connectivity index (χ3n) is 1.76. The number of H-pyrrole nitrogens is 1. The standard InChI is InChI=1S/C8H8N2OS/c11-3-5-1-6(12)2-7-8(5)10-4-9-7/h1-2,4,11-12H,3H2,(H,9,10). The summed E-state index contributed by atoms with van der Waals surface area (Å²) in [5.41, 5.74) is 2.53. The molecule has 1 aromatic carbocycles. The molecule has 0 unspecified atom stereocenters. The zero-order chi connectivity index (χ0) is 8.55. The monoisotopic (exact) mass is 180 g/mol. The van der Waals surface area contributed by atoms with Crippen LogP contribution in [0.3, 0.4) is 0 Å². The molecule has 0 saturated heterocycles. The second kappa shape index (κ2) is 2.80. The van der Waals surface area contributed by atoms with Crippen LogP contribution in [0, 0.1) is 0 Å². The molecule has 0 aliphatic carbocycles. The van der Waals surface area contributed by atoms with Crippen LogP contribution in [0.5, 0.6) is 0 Å². The summed E-state index contributed by atoms with van der Waals surface area (Å²) >= 11 is 4.20. The number of benzene rings is 1. The van der Waals surface area contributed by atoms with Crippen LogP contribution in [0.1, 0.15) is 5.56 Å². The Balaban J connectivity index is 2.80. The molecule has 2 aromatic rings.